The molecule has 29 heavy (non-hydrogen) atoms. The molecule has 0 fully saturated rings. The average molecular weight is 388 g/mol. The molecule has 6 heteroatoms. The highest BCUT2D eigenvalue weighted by atomic mass is 16.5. The highest BCUT2D eigenvalue weighted by molar-refractivity contribution is 5.85. The van der Waals surface area contributed by atoms with E-state index in [1.54, 1.807) is 20.4 Å². The van der Waals surface area contributed by atoms with E-state index in [4.69, 9.17) is 9.47 Å². The highest BCUT2D eigenvalue weighted by Gasteiger charge is 2.34. The lowest BCUT2D eigenvalue weighted by atomic mass is 9.91. The maximum Gasteiger partial charge on any atom is 0.165 e. The molecule has 0 radical (unpaired) electrons. The monoisotopic (exact) mass is 388 g/mol. The van der Waals surface area contributed by atoms with Crippen LogP contribution in [-0.4, -0.2) is 40.8 Å². The van der Waals surface area contributed by atoms with Crippen molar-refractivity contribution in [1.82, 2.24) is 20.1 Å². The number of hydrogen-bond acceptors (Lipinski definition) is 4. The quantitative estimate of drug-likeness (QED) is 0.541. The average Bonchev–Trinajstić information content (AvgIpc) is 3.40. The summed E-state index contributed by atoms with van der Waals surface area (Å²) in [5.41, 5.74) is 5.97. The molecule has 0 amide bonds. The fourth-order valence-electron chi connectivity index (χ4n) is 4.53. The zero-order chi connectivity index (χ0) is 19.8. The first-order chi connectivity index (χ1) is 14.3. The van der Waals surface area contributed by atoms with E-state index in [9.17, 15) is 0 Å². The van der Waals surface area contributed by atoms with Gasteiger partial charge in [-0.05, 0) is 30.2 Å². The van der Waals surface area contributed by atoms with Crippen LogP contribution in [0.3, 0.4) is 0 Å². The van der Waals surface area contributed by atoms with Gasteiger partial charge >= 0.3 is 0 Å². The molecule has 0 unspecified atom stereocenters. The van der Waals surface area contributed by atoms with Gasteiger partial charge in [0.1, 0.15) is 0 Å². The number of hydrogen-bond donors (Lipinski definition) is 2. The second-order valence-electron chi connectivity index (χ2n) is 7.35. The number of rotatable bonds is 5. The minimum atomic E-state index is 0.0273. The van der Waals surface area contributed by atoms with Gasteiger partial charge in [0, 0.05) is 47.1 Å². The number of ether oxygens (including phenoxy) is 2. The van der Waals surface area contributed by atoms with Crippen LogP contribution in [0.2, 0.25) is 0 Å². The summed E-state index contributed by atoms with van der Waals surface area (Å²) in [6.45, 7) is 1.72. The summed E-state index contributed by atoms with van der Waals surface area (Å²) >= 11 is 0. The number of H-pyrrole nitrogens is 2. The second-order valence-corrected chi connectivity index (χ2v) is 7.35. The van der Waals surface area contributed by atoms with E-state index in [2.05, 4.69) is 50.4 Å². The van der Waals surface area contributed by atoms with E-state index >= 15 is 0 Å². The van der Waals surface area contributed by atoms with Crippen molar-refractivity contribution in [3.05, 3.63) is 77.2 Å². The van der Waals surface area contributed by atoms with Crippen molar-refractivity contribution in [2.45, 2.75) is 19.0 Å². The molecule has 2 N–H and O–H groups in total. The smallest absolute Gasteiger partial charge is 0.165 e. The minimum absolute atomic E-state index is 0.0273. The summed E-state index contributed by atoms with van der Waals surface area (Å²) in [5.74, 6) is 1.52. The molecule has 0 bridgehead atoms. The van der Waals surface area contributed by atoms with Gasteiger partial charge in [-0.15, -0.1) is 0 Å². The van der Waals surface area contributed by atoms with Crippen LogP contribution in [0.1, 0.15) is 28.6 Å². The standard InChI is InChI=1S/C23H24N4O2/c1-28-20-9-5-7-18(23(20)29-2)22-21-17(16-6-3-4-8-19(16)25-21)11-13-27(22)14-15-10-12-24-26-15/h3-10,12,22,25H,11,13-14H2,1-2H3,(H,24,26)/t22-/m1/s1. The minimum Gasteiger partial charge on any atom is -0.493 e. The Hall–Kier alpha value is -3.25. The Morgan fingerprint density at radius 2 is 1.97 bits per heavy atom. The van der Waals surface area contributed by atoms with Crippen LogP contribution in [0.15, 0.2) is 54.7 Å². The topological polar surface area (TPSA) is 66.2 Å². The summed E-state index contributed by atoms with van der Waals surface area (Å²) in [5, 5.41) is 8.52. The molecule has 3 heterocycles. The molecule has 0 saturated carbocycles. The molecule has 148 valence electrons. The zero-order valence-corrected chi connectivity index (χ0v) is 16.6. The maximum absolute atomic E-state index is 5.81. The number of methoxy groups -OCH3 is 2. The number of fused-ring (bicyclic) bond motifs is 3. The molecular formula is C23H24N4O2. The zero-order valence-electron chi connectivity index (χ0n) is 16.6. The summed E-state index contributed by atoms with van der Waals surface area (Å²) in [6.07, 6.45) is 2.80. The molecule has 1 aliphatic rings. The SMILES string of the molecule is COc1cccc([C@@H]2c3[nH]c4ccccc4c3CCN2Cc2ccn[nH]2)c1OC. The number of nitrogens with zero attached hydrogens (tertiary/aromatic N) is 2. The molecule has 0 aliphatic carbocycles. The van der Waals surface area contributed by atoms with E-state index in [1.165, 1.54) is 22.2 Å². The van der Waals surface area contributed by atoms with Gasteiger partial charge in [0.15, 0.2) is 11.5 Å². The first-order valence-electron chi connectivity index (χ1n) is 9.83. The van der Waals surface area contributed by atoms with Crippen molar-refractivity contribution in [2.75, 3.05) is 20.8 Å². The van der Waals surface area contributed by atoms with Crippen molar-refractivity contribution < 1.29 is 9.47 Å². The van der Waals surface area contributed by atoms with E-state index in [0.29, 0.717) is 0 Å². The number of benzene rings is 2. The van der Waals surface area contributed by atoms with Crippen LogP contribution >= 0.6 is 0 Å². The Morgan fingerprint density at radius 3 is 2.76 bits per heavy atom. The van der Waals surface area contributed by atoms with E-state index in [-0.39, 0.29) is 6.04 Å². The molecule has 1 aliphatic heterocycles. The number of para-hydroxylation sites is 2. The first kappa shape index (κ1) is 17.8. The van der Waals surface area contributed by atoms with Crippen LogP contribution in [0.4, 0.5) is 0 Å². The predicted molar refractivity (Wildman–Crippen MR) is 112 cm³/mol. The van der Waals surface area contributed by atoms with Gasteiger partial charge in [0.05, 0.1) is 20.3 Å². The maximum atomic E-state index is 5.81. The van der Waals surface area contributed by atoms with Gasteiger partial charge in [-0.2, -0.15) is 5.10 Å². The third kappa shape index (κ3) is 2.96. The van der Waals surface area contributed by atoms with Crippen molar-refractivity contribution in [3.8, 4) is 11.5 Å². The first-order valence-corrected chi connectivity index (χ1v) is 9.83. The van der Waals surface area contributed by atoms with Gasteiger partial charge in [-0.1, -0.05) is 30.3 Å². The van der Waals surface area contributed by atoms with Gasteiger partial charge < -0.3 is 14.5 Å². The lowest BCUT2D eigenvalue weighted by Gasteiger charge is -2.36. The van der Waals surface area contributed by atoms with Crippen molar-refractivity contribution in [3.63, 3.8) is 0 Å². The van der Waals surface area contributed by atoms with E-state index in [0.717, 1.165) is 42.3 Å². The van der Waals surface area contributed by atoms with Crippen LogP contribution in [-0.2, 0) is 13.0 Å². The third-order valence-electron chi connectivity index (χ3n) is 5.79. The lowest BCUT2D eigenvalue weighted by Crippen LogP contribution is -2.36. The fraction of sp³-hybridized carbons (Fsp3) is 0.261. The van der Waals surface area contributed by atoms with Crippen LogP contribution in [0.25, 0.3) is 10.9 Å². The summed E-state index contributed by atoms with van der Waals surface area (Å²) in [7, 11) is 3.38. The van der Waals surface area contributed by atoms with Crippen molar-refractivity contribution >= 4 is 10.9 Å². The van der Waals surface area contributed by atoms with Crippen LogP contribution in [0, 0.1) is 0 Å². The molecular weight excluding hydrogens is 364 g/mol. The van der Waals surface area contributed by atoms with Gasteiger partial charge in [-0.3, -0.25) is 10.00 Å². The van der Waals surface area contributed by atoms with Crippen molar-refractivity contribution in [2.24, 2.45) is 0 Å². The number of aromatic amines is 2. The lowest BCUT2D eigenvalue weighted by molar-refractivity contribution is 0.195. The van der Waals surface area contributed by atoms with Gasteiger partial charge in [0.25, 0.3) is 0 Å². The summed E-state index contributed by atoms with van der Waals surface area (Å²) < 4.78 is 11.4. The van der Waals surface area contributed by atoms with Gasteiger partial charge in [0.2, 0.25) is 0 Å². The number of nitrogens with one attached hydrogen (secondary N) is 2. The Kier molecular flexibility index (Phi) is 4.48. The second kappa shape index (κ2) is 7.29. The van der Waals surface area contributed by atoms with Crippen LogP contribution < -0.4 is 9.47 Å². The molecule has 1 atom stereocenters. The summed E-state index contributed by atoms with van der Waals surface area (Å²) in [4.78, 5) is 6.16. The Balaban J connectivity index is 1.69. The summed E-state index contributed by atoms with van der Waals surface area (Å²) in [6, 6.07) is 16.7. The van der Waals surface area contributed by atoms with Crippen molar-refractivity contribution in [1.29, 1.82) is 0 Å². The molecule has 6 nitrogen and oxygen atoms in total. The fourth-order valence-corrected chi connectivity index (χ4v) is 4.53. The Labute approximate surface area is 169 Å². The van der Waals surface area contributed by atoms with E-state index in [1.807, 2.05) is 18.2 Å². The molecule has 5 rings (SSSR count). The van der Waals surface area contributed by atoms with Gasteiger partial charge in [-0.25, -0.2) is 0 Å². The Bertz CT molecular complexity index is 1130. The van der Waals surface area contributed by atoms with E-state index < -0.39 is 0 Å². The molecule has 0 saturated heterocycles. The molecule has 0 spiro atoms. The molecule has 2 aromatic heterocycles. The molecule has 4 aromatic rings. The number of aromatic nitrogens is 3. The largest absolute Gasteiger partial charge is 0.493 e. The normalized spacial score (nSPS) is 16.7. The third-order valence-corrected chi connectivity index (χ3v) is 5.79. The Morgan fingerprint density at radius 1 is 1.07 bits per heavy atom. The van der Waals surface area contributed by atoms with Crippen LogP contribution in [0.5, 0.6) is 11.5 Å². The highest BCUT2D eigenvalue weighted by Crippen LogP contribution is 2.44. The predicted octanol–water partition coefficient (Wildman–Crippen LogP) is 4.06. The molecule has 2 aromatic carbocycles.